The molecule has 2 aromatic heterocycles. The van der Waals surface area contributed by atoms with Crippen LogP contribution in [0.1, 0.15) is 26.7 Å². The third kappa shape index (κ3) is 3.73. The molecule has 1 aliphatic carbocycles. The van der Waals surface area contributed by atoms with E-state index >= 15 is 0 Å². The van der Waals surface area contributed by atoms with Crippen LogP contribution in [0.5, 0.6) is 0 Å². The highest BCUT2D eigenvalue weighted by molar-refractivity contribution is 6.34. The fraction of sp³-hybridized carbons (Fsp3) is 0.522. The molecular weight excluding hydrogens is 461 g/mol. The summed E-state index contributed by atoms with van der Waals surface area (Å²) in [5.74, 6) is 0.487. The number of anilines is 3. The maximum atomic E-state index is 6.67. The molecule has 10 heteroatoms. The summed E-state index contributed by atoms with van der Waals surface area (Å²) in [6, 6.07) is 4.01. The number of rotatable bonds is 5. The lowest BCUT2D eigenvalue weighted by Crippen LogP contribution is -2.64. The van der Waals surface area contributed by atoms with Crippen LogP contribution >= 0.6 is 23.2 Å². The molecule has 174 valence electrons. The van der Waals surface area contributed by atoms with E-state index in [0.29, 0.717) is 16.8 Å². The minimum Gasteiger partial charge on any atom is -0.377 e. The van der Waals surface area contributed by atoms with Gasteiger partial charge < -0.3 is 15.0 Å². The van der Waals surface area contributed by atoms with Gasteiger partial charge in [0, 0.05) is 37.8 Å². The summed E-state index contributed by atoms with van der Waals surface area (Å²) in [6.07, 6.45) is 5.70. The first-order chi connectivity index (χ1) is 15.8. The van der Waals surface area contributed by atoms with E-state index < -0.39 is 0 Å². The third-order valence-electron chi connectivity index (χ3n) is 7.30. The van der Waals surface area contributed by atoms with E-state index in [0.717, 1.165) is 73.8 Å². The van der Waals surface area contributed by atoms with E-state index in [1.54, 1.807) is 12.4 Å². The molecule has 0 unspecified atom stereocenters. The number of hydrogen-bond acceptors (Lipinski definition) is 7. The van der Waals surface area contributed by atoms with Crippen molar-refractivity contribution < 1.29 is 4.74 Å². The van der Waals surface area contributed by atoms with E-state index in [-0.39, 0.29) is 11.1 Å². The number of benzene rings is 1. The lowest BCUT2D eigenvalue weighted by molar-refractivity contribution is -0.131. The van der Waals surface area contributed by atoms with Crippen molar-refractivity contribution in [3.8, 4) is 0 Å². The molecule has 0 bridgehead atoms. The van der Waals surface area contributed by atoms with Crippen molar-refractivity contribution in [3.05, 3.63) is 34.7 Å². The summed E-state index contributed by atoms with van der Waals surface area (Å²) in [6.45, 7) is 9.90. The summed E-state index contributed by atoms with van der Waals surface area (Å²) in [5, 5.41) is 9.90. The Morgan fingerprint density at radius 3 is 2.42 bits per heavy atom. The smallest absolute Gasteiger partial charge is 0.227 e. The van der Waals surface area contributed by atoms with Crippen LogP contribution in [0.15, 0.2) is 24.5 Å². The zero-order valence-electron chi connectivity index (χ0n) is 18.8. The quantitative estimate of drug-likeness (QED) is 0.575. The Kier molecular flexibility index (Phi) is 4.99. The molecule has 6 rings (SSSR count). The predicted octanol–water partition coefficient (Wildman–Crippen LogP) is 4.30. The number of hydrogen-bond donors (Lipinski definition) is 1. The normalized spacial score (nSPS) is 21.8. The largest absolute Gasteiger partial charge is 0.377 e. The van der Waals surface area contributed by atoms with Crippen molar-refractivity contribution in [2.24, 2.45) is 0 Å². The Bertz CT molecular complexity index is 1210. The van der Waals surface area contributed by atoms with Gasteiger partial charge in [0.25, 0.3) is 0 Å². The molecule has 8 nitrogen and oxygen atoms in total. The number of nitrogens with one attached hydrogen (secondary N) is 1. The summed E-state index contributed by atoms with van der Waals surface area (Å²) >= 11 is 13.2. The van der Waals surface area contributed by atoms with Crippen molar-refractivity contribution >= 4 is 51.4 Å². The van der Waals surface area contributed by atoms with Crippen molar-refractivity contribution in [2.45, 2.75) is 37.8 Å². The second-order valence-electron chi connectivity index (χ2n) is 9.90. The number of fused-ring (bicyclic) bond motifs is 1. The molecule has 3 fully saturated rings. The monoisotopic (exact) mass is 487 g/mol. The van der Waals surface area contributed by atoms with Crippen LogP contribution in [-0.4, -0.2) is 69.6 Å². The SMILES string of the molecule is CC1(N2CCN(c3cc4nc(Nc5cnn(C6(C)CC6)c5Cl)ncc4cc3Cl)CC2)COC1. The minimum atomic E-state index is 0.0278. The van der Waals surface area contributed by atoms with Crippen molar-refractivity contribution in [1.82, 2.24) is 24.6 Å². The Hall–Kier alpha value is -2.13. The van der Waals surface area contributed by atoms with E-state index in [1.807, 2.05) is 10.7 Å². The summed E-state index contributed by atoms with van der Waals surface area (Å²) in [7, 11) is 0. The number of piperazine rings is 1. The van der Waals surface area contributed by atoms with Gasteiger partial charge in [-0.3, -0.25) is 4.90 Å². The molecule has 2 aliphatic heterocycles. The van der Waals surface area contributed by atoms with Gasteiger partial charge in [0.1, 0.15) is 0 Å². The molecule has 1 aromatic carbocycles. The Morgan fingerprint density at radius 1 is 1.00 bits per heavy atom. The van der Waals surface area contributed by atoms with Gasteiger partial charge in [-0.2, -0.15) is 5.10 Å². The van der Waals surface area contributed by atoms with Gasteiger partial charge in [-0.05, 0) is 38.8 Å². The lowest BCUT2D eigenvalue weighted by Gasteiger charge is -2.50. The highest BCUT2D eigenvalue weighted by atomic mass is 35.5. The predicted molar refractivity (Wildman–Crippen MR) is 131 cm³/mol. The van der Waals surface area contributed by atoms with E-state index in [4.69, 9.17) is 32.9 Å². The van der Waals surface area contributed by atoms with Crippen LogP contribution in [-0.2, 0) is 10.3 Å². The van der Waals surface area contributed by atoms with Crippen LogP contribution in [0.3, 0.4) is 0 Å². The first-order valence-corrected chi connectivity index (χ1v) is 12.2. The number of ether oxygens (including phenoxy) is 1. The van der Waals surface area contributed by atoms with Crippen LogP contribution in [0.25, 0.3) is 10.9 Å². The van der Waals surface area contributed by atoms with Gasteiger partial charge in [-0.25, -0.2) is 14.6 Å². The molecule has 0 radical (unpaired) electrons. The summed E-state index contributed by atoms with van der Waals surface area (Å²) < 4.78 is 7.32. The molecule has 3 aromatic rings. The molecule has 3 aliphatic rings. The summed E-state index contributed by atoms with van der Waals surface area (Å²) in [5.41, 5.74) is 2.77. The molecule has 1 N–H and O–H groups in total. The molecule has 33 heavy (non-hydrogen) atoms. The van der Waals surface area contributed by atoms with Crippen LogP contribution in [0.2, 0.25) is 10.2 Å². The van der Waals surface area contributed by atoms with E-state index in [9.17, 15) is 0 Å². The Labute approximate surface area is 202 Å². The van der Waals surface area contributed by atoms with E-state index in [1.165, 1.54) is 0 Å². The third-order valence-corrected chi connectivity index (χ3v) is 7.97. The summed E-state index contributed by atoms with van der Waals surface area (Å²) in [4.78, 5) is 14.1. The zero-order chi connectivity index (χ0) is 22.8. The van der Waals surface area contributed by atoms with Gasteiger partial charge >= 0.3 is 0 Å². The topological polar surface area (TPSA) is 71.3 Å². The fourth-order valence-electron chi connectivity index (χ4n) is 4.72. The molecule has 4 heterocycles. The first kappa shape index (κ1) is 21.4. The number of nitrogens with zero attached hydrogens (tertiary/aromatic N) is 6. The van der Waals surface area contributed by atoms with Crippen LogP contribution in [0, 0.1) is 0 Å². The average Bonchev–Trinajstić information content (AvgIpc) is 3.43. The average molecular weight is 488 g/mol. The van der Waals surface area contributed by atoms with Gasteiger partial charge in [-0.15, -0.1) is 0 Å². The maximum absolute atomic E-state index is 6.67. The molecule has 0 spiro atoms. The van der Waals surface area contributed by atoms with Gasteiger partial charge in [0.15, 0.2) is 5.15 Å². The molecular formula is C23H27Cl2N7O. The molecule has 0 atom stereocenters. The Morgan fingerprint density at radius 2 is 1.76 bits per heavy atom. The Balaban J connectivity index is 1.23. The second kappa shape index (κ2) is 7.70. The van der Waals surface area contributed by atoms with Crippen molar-refractivity contribution in [1.29, 1.82) is 0 Å². The second-order valence-corrected chi connectivity index (χ2v) is 10.7. The highest BCUT2D eigenvalue weighted by Crippen LogP contribution is 2.45. The fourth-order valence-corrected chi connectivity index (χ4v) is 5.35. The first-order valence-electron chi connectivity index (χ1n) is 11.4. The van der Waals surface area contributed by atoms with Gasteiger partial charge in [0.05, 0.1) is 52.4 Å². The lowest BCUT2D eigenvalue weighted by atomic mass is 9.97. The van der Waals surface area contributed by atoms with Crippen molar-refractivity contribution in [3.63, 3.8) is 0 Å². The highest BCUT2D eigenvalue weighted by Gasteiger charge is 2.42. The van der Waals surface area contributed by atoms with Crippen LogP contribution < -0.4 is 10.2 Å². The zero-order valence-corrected chi connectivity index (χ0v) is 20.3. The van der Waals surface area contributed by atoms with Crippen LogP contribution in [0.4, 0.5) is 17.3 Å². The van der Waals surface area contributed by atoms with E-state index in [2.05, 4.69) is 45.1 Å². The van der Waals surface area contributed by atoms with Gasteiger partial charge in [-0.1, -0.05) is 23.2 Å². The minimum absolute atomic E-state index is 0.0278. The molecule has 1 saturated carbocycles. The molecule has 0 amide bonds. The maximum Gasteiger partial charge on any atom is 0.227 e. The molecule has 2 saturated heterocycles. The standard InChI is InChI=1S/C23H27Cl2N7O/c1-22(3-4-22)32-20(25)18(12-27-32)29-21-26-11-15-9-16(24)19(10-17(15)28-21)30-5-7-31(8-6-30)23(2)13-33-14-23/h9-12H,3-8,13-14H2,1-2H3,(H,26,28,29). The number of halogens is 2. The van der Waals surface area contributed by atoms with Gasteiger partial charge in [0.2, 0.25) is 5.95 Å². The number of aromatic nitrogens is 4. The van der Waals surface area contributed by atoms with Crippen molar-refractivity contribution in [2.75, 3.05) is 49.6 Å².